The van der Waals surface area contributed by atoms with Crippen molar-refractivity contribution in [2.45, 2.75) is 0 Å². The second kappa shape index (κ2) is 7.21. The van der Waals surface area contributed by atoms with Gasteiger partial charge in [-0.2, -0.15) is 0 Å². The molecule has 0 aliphatic rings. The van der Waals surface area contributed by atoms with Crippen molar-refractivity contribution in [1.82, 2.24) is 10.3 Å². The summed E-state index contributed by atoms with van der Waals surface area (Å²) in [4.78, 5) is 30.4. The van der Waals surface area contributed by atoms with Crippen LogP contribution in [0.2, 0.25) is 0 Å². The van der Waals surface area contributed by atoms with E-state index in [2.05, 4.69) is 15.5 Å². The third kappa shape index (κ3) is 4.68. The van der Waals surface area contributed by atoms with Crippen molar-refractivity contribution in [3.8, 4) is 0 Å². The summed E-state index contributed by atoms with van der Waals surface area (Å²) < 4.78 is 0. The molecule has 1 heterocycles. The lowest BCUT2D eigenvalue weighted by atomic mass is 10.3. The molecule has 0 saturated heterocycles. The maximum atomic E-state index is 11.0. The number of carbonyl (C=O) groups excluding carboxylic acids is 2. The van der Waals surface area contributed by atoms with Crippen LogP contribution in [0.3, 0.4) is 0 Å². The second-order valence-electron chi connectivity index (χ2n) is 2.59. The number of hydrogen-bond acceptors (Lipinski definition) is 6. The Hall–Kier alpha value is -1.18. The lowest BCUT2D eigenvalue weighted by molar-refractivity contribution is -0.120. The zero-order valence-corrected chi connectivity index (χ0v) is 10.7. The average molecular weight is 296 g/mol. The molecular formula is C8H7Cl2N3O3S. The predicted octanol–water partition coefficient (Wildman–Crippen LogP) is 0.942. The van der Waals surface area contributed by atoms with Gasteiger partial charge in [0.15, 0.2) is 12.4 Å². The number of carbonyl (C=O) groups is 2. The van der Waals surface area contributed by atoms with E-state index in [1.807, 2.05) is 0 Å². The molecule has 0 unspecified atom stereocenters. The van der Waals surface area contributed by atoms with Gasteiger partial charge in [-0.1, -0.05) is 5.16 Å². The van der Waals surface area contributed by atoms with E-state index in [-0.39, 0.29) is 18.3 Å². The SMILES string of the molecule is O=C(CCl)NCO/N=C(\C(=O)Cl)c1cscn1. The van der Waals surface area contributed by atoms with E-state index in [0.717, 1.165) is 0 Å². The molecule has 9 heteroatoms. The zero-order chi connectivity index (χ0) is 12.7. The van der Waals surface area contributed by atoms with E-state index in [1.54, 1.807) is 5.38 Å². The fourth-order valence-corrected chi connectivity index (χ4v) is 1.53. The average Bonchev–Trinajstić information content (AvgIpc) is 2.81. The van der Waals surface area contributed by atoms with Crippen LogP contribution in [0.25, 0.3) is 0 Å². The molecule has 0 spiro atoms. The van der Waals surface area contributed by atoms with E-state index in [0.29, 0.717) is 5.69 Å². The quantitative estimate of drug-likeness (QED) is 0.211. The Morgan fingerprint density at radius 3 is 2.88 bits per heavy atom. The molecule has 1 amide bonds. The summed E-state index contributed by atoms with van der Waals surface area (Å²) in [5.41, 5.74) is 1.73. The van der Waals surface area contributed by atoms with Crippen molar-refractivity contribution < 1.29 is 14.4 Å². The number of nitrogens with zero attached hydrogens (tertiary/aromatic N) is 2. The molecule has 0 aromatic carbocycles. The van der Waals surface area contributed by atoms with Crippen LogP contribution in [0, 0.1) is 0 Å². The highest BCUT2D eigenvalue weighted by Gasteiger charge is 2.14. The summed E-state index contributed by atoms with van der Waals surface area (Å²) in [6, 6.07) is 0. The number of thiazole rings is 1. The zero-order valence-electron chi connectivity index (χ0n) is 8.35. The predicted molar refractivity (Wildman–Crippen MR) is 64.3 cm³/mol. The lowest BCUT2D eigenvalue weighted by Crippen LogP contribution is -2.26. The summed E-state index contributed by atoms with van der Waals surface area (Å²) in [6.45, 7) is -0.205. The summed E-state index contributed by atoms with van der Waals surface area (Å²) in [5.74, 6) is -0.588. The van der Waals surface area contributed by atoms with Crippen molar-refractivity contribution in [1.29, 1.82) is 0 Å². The molecule has 17 heavy (non-hydrogen) atoms. The third-order valence-corrected chi connectivity index (χ3v) is 2.48. The minimum atomic E-state index is -0.792. The minimum absolute atomic E-state index is 0.118. The van der Waals surface area contributed by atoms with Crippen LogP contribution in [0.5, 0.6) is 0 Å². The summed E-state index contributed by atoms with van der Waals surface area (Å²) in [5, 5.41) is 6.60. The Labute approximate surface area is 111 Å². The molecule has 0 radical (unpaired) electrons. The molecule has 0 aliphatic carbocycles. The fourth-order valence-electron chi connectivity index (χ4n) is 0.770. The number of halogens is 2. The number of nitrogens with one attached hydrogen (secondary N) is 1. The number of amides is 1. The molecule has 0 fully saturated rings. The van der Waals surface area contributed by atoms with Crippen LogP contribution in [0.4, 0.5) is 0 Å². The van der Waals surface area contributed by atoms with Crippen molar-refractivity contribution >= 4 is 51.4 Å². The standard InChI is InChI=1S/C8H7Cl2N3O3S/c9-1-6(14)11-3-16-13-7(8(10)15)5-2-17-4-12-5/h2,4H,1,3H2,(H,11,14)/b13-7-. The van der Waals surface area contributed by atoms with Gasteiger partial charge in [0.2, 0.25) is 5.91 Å². The Morgan fingerprint density at radius 2 is 2.35 bits per heavy atom. The maximum absolute atomic E-state index is 11.0. The number of rotatable bonds is 6. The highest BCUT2D eigenvalue weighted by Crippen LogP contribution is 2.05. The first kappa shape index (κ1) is 13.9. The largest absolute Gasteiger partial charge is 0.373 e. The second-order valence-corrected chi connectivity index (χ2v) is 3.92. The molecule has 0 saturated carbocycles. The molecule has 1 aromatic rings. The fraction of sp³-hybridized carbons (Fsp3) is 0.250. The van der Waals surface area contributed by atoms with Crippen LogP contribution in [0.15, 0.2) is 16.0 Å². The lowest BCUT2D eigenvalue weighted by Gasteiger charge is -2.01. The first-order valence-electron chi connectivity index (χ1n) is 4.26. The molecule has 1 rings (SSSR count). The Kier molecular flexibility index (Phi) is 5.88. The summed E-state index contributed by atoms with van der Waals surface area (Å²) in [7, 11) is 0. The molecule has 92 valence electrons. The molecular weight excluding hydrogens is 289 g/mol. The molecule has 1 aromatic heterocycles. The molecule has 0 bridgehead atoms. The van der Waals surface area contributed by atoms with E-state index >= 15 is 0 Å². The molecule has 1 N–H and O–H groups in total. The topological polar surface area (TPSA) is 80.6 Å². The maximum Gasteiger partial charge on any atom is 0.276 e. The monoisotopic (exact) mass is 295 g/mol. The number of aromatic nitrogens is 1. The van der Waals surface area contributed by atoms with Crippen LogP contribution >= 0.6 is 34.5 Å². The van der Waals surface area contributed by atoms with Gasteiger partial charge in [-0.15, -0.1) is 22.9 Å². The van der Waals surface area contributed by atoms with Gasteiger partial charge in [-0.05, 0) is 11.6 Å². The van der Waals surface area contributed by atoms with Crippen molar-refractivity contribution in [3.63, 3.8) is 0 Å². The summed E-state index contributed by atoms with van der Waals surface area (Å²) >= 11 is 11.8. The van der Waals surface area contributed by atoms with Gasteiger partial charge in [0.1, 0.15) is 11.6 Å². The highest BCUT2D eigenvalue weighted by molar-refractivity contribution is 7.08. The van der Waals surface area contributed by atoms with Gasteiger partial charge in [0.25, 0.3) is 5.24 Å². The van der Waals surface area contributed by atoms with Gasteiger partial charge in [0.05, 0.1) is 5.51 Å². The first-order chi connectivity index (χ1) is 8.15. The van der Waals surface area contributed by atoms with Gasteiger partial charge < -0.3 is 10.2 Å². The van der Waals surface area contributed by atoms with Crippen LogP contribution in [-0.4, -0.2) is 34.5 Å². The molecule has 6 nitrogen and oxygen atoms in total. The van der Waals surface area contributed by atoms with E-state index in [1.165, 1.54) is 16.8 Å². The van der Waals surface area contributed by atoms with Crippen LogP contribution < -0.4 is 5.32 Å². The van der Waals surface area contributed by atoms with E-state index in [4.69, 9.17) is 28.0 Å². The van der Waals surface area contributed by atoms with Crippen molar-refractivity contribution in [2.24, 2.45) is 5.16 Å². The number of oxime groups is 1. The number of alkyl halides is 1. The van der Waals surface area contributed by atoms with Crippen molar-refractivity contribution in [3.05, 3.63) is 16.6 Å². The van der Waals surface area contributed by atoms with Crippen LogP contribution in [-0.2, 0) is 14.4 Å². The highest BCUT2D eigenvalue weighted by atomic mass is 35.5. The van der Waals surface area contributed by atoms with Crippen molar-refractivity contribution in [2.75, 3.05) is 12.6 Å². The first-order valence-corrected chi connectivity index (χ1v) is 6.11. The van der Waals surface area contributed by atoms with Gasteiger partial charge in [-0.25, -0.2) is 4.98 Å². The summed E-state index contributed by atoms with van der Waals surface area (Å²) in [6.07, 6.45) is 0. The Balaban J connectivity index is 2.55. The minimum Gasteiger partial charge on any atom is -0.373 e. The van der Waals surface area contributed by atoms with E-state index < -0.39 is 11.1 Å². The van der Waals surface area contributed by atoms with Gasteiger partial charge >= 0.3 is 0 Å². The smallest absolute Gasteiger partial charge is 0.276 e. The normalized spacial score (nSPS) is 11.1. The molecule has 0 atom stereocenters. The van der Waals surface area contributed by atoms with Crippen LogP contribution in [0.1, 0.15) is 5.69 Å². The molecule has 0 aliphatic heterocycles. The Morgan fingerprint density at radius 1 is 1.59 bits per heavy atom. The third-order valence-electron chi connectivity index (χ3n) is 1.47. The number of hydrogen-bond donors (Lipinski definition) is 1. The van der Waals surface area contributed by atoms with E-state index in [9.17, 15) is 9.59 Å². The van der Waals surface area contributed by atoms with Gasteiger partial charge in [0, 0.05) is 5.38 Å². The van der Waals surface area contributed by atoms with Gasteiger partial charge in [-0.3, -0.25) is 9.59 Å². The Bertz CT molecular complexity index is 422.